The van der Waals surface area contributed by atoms with E-state index < -0.39 is 0 Å². The van der Waals surface area contributed by atoms with Gasteiger partial charge in [-0.1, -0.05) is 19.9 Å². The number of rotatable bonds is 4. The zero-order valence-corrected chi connectivity index (χ0v) is 11.6. The Morgan fingerprint density at radius 1 is 1.33 bits per heavy atom. The molecular formula is C15H21N3. The maximum atomic E-state index is 4.58. The van der Waals surface area contributed by atoms with Gasteiger partial charge in [-0.2, -0.15) is 5.10 Å². The minimum atomic E-state index is 0.454. The predicted molar refractivity (Wildman–Crippen MR) is 73.5 cm³/mol. The molecule has 0 fully saturated rings. The lowest BCUT2D eigenvalue weighted by atomic mass is 9.85. The first-order chi connectivity index (χ1) is 8.58. The molecule has 1 atom stereocenters. The predicted octanol–water partition coefficient (Wildman–Crippen LogP) is 3.11. The molecule has 0 spiro atoms. The van der Waals surface area contributed by atoms with E-state index in [1.807, 2.05) is 30.2 Å². The van der Waals surface area contributed by atoms with Crippen LogP contribution in [0.2, 0.25) is 0 Å². The van der Waals surface area contributed by atoms with Crippen molar-refractivity contribution in [1.29, 1.82) is 0 Å². The van der Waals surface area contributed by atoms with Crippen LogP contribution in [-0.4, -0.2) is 14.8 Å². The summed E-state index contributed by atoms with van der Waals surface area (Å²) in [4.78, 5) is 4.58. The van der Waals surface area contributed by atoms with Crippen molar-refractivity contribution in [3.05, 3.63) is 47.5 Å². The minimum Gasteiger partial charge on any atom is -0.276 e. The molecule has 18 heavy (non-hydrogen) atoms. The van der Waals surface area contributed by atoms with E-state index in [-0.39, 0.29) is 0 Å². The van der Waals surface area contributed by atoms with E-state index in [9.17, 15) is 0 Å². The molecule has 0 aromatic carbocycles. The quantitative estimate of drug-likeness (QED) is 0.826. The second-order valence-corrected chi connectivity index (χ2v) is 5.28. The van der Waals surface area contributed by atoms with Gasteiger partial charge in [-0.15, -0.1) is 0 Å². The average molecular weight is 243 g/mol. The number of hydrogen-bond acceptors (Lipinski definition) is 2. The summed E-state index contributed by atoms with van der Waals surface area (Å²) in [5.41, 5.74) is 3.78. The Balaban J connectivity index is 2.27. The maximum absolute atomic E-state index is 4.58. The van der Waals surface area contributed by atoms with Gasteiger partial charge in [0.05, 0.1) is 6.20 Å². The molecule has 0 amide bonds. The average Bonchev–Trinajstić information content (AvgIpc) is 2.73. The Kier molecular flexibility index (Phi) is 3.80. The van der Waals surface area contributed by atoms with Gasteiger partial charge >= 0.3 is 0 Å². The monoisotopic (exact) mass is 243 g/mol. The van der Waals surface area contributed by atoms with Gasteiger partial charge in [0.15, 0.2) is 0 Å². The third-order valence-corrected chi connectivity index (χ3v) is 3.42. The molecule has 2 heterocycles. The molecule has 0 aliphatic carbocycles. The summed E-state index contributed by atoms with van der Waals surface area (Å²) in [6, 6.07) is 4.14. The van der Waals surface area contributed by atoms with E-state index in [0.29, 0.717) is 11.8 Å². The van der Waals surface area contributed by atoms with Crippen molar-refractivity contribution in [1.82, 2.24) is 14.8 Å². The van der Waals surface area contributed by atoms with Crippen LogP contribution >= 0.6 is 0 Å². The maximum Gasteiger partial charge on any atom is 0.0521 e. The van der Waals surface area contributed by atoms with Crippen molar-refractivity contribution < 1.29 is 0 Å². The molecule has 96 valence electrons. The Labute approximate surface area is 109 Å². The van der Waals surface area contributed by atoms with Crippen LogP contribution < -0.4 is 0 Å². The highest BCUT2D eigenvalue weighted by Gasteiger charge is 2.20. The van der Waals surface area contributed by atoms with Crippen molar-refractivity contribution in [3.8, 4) is 0 Å². The van der Waals surface area contributed by atoms with Gasteiger partial charge in [-0.25, -0.2) is 0 Å². The van der Waals surface area contributed by atoms with Crippen LogP contribution in [-0.2, 0) is 13.5 Å². The Hall–Kier alpha value is -1.64. The van der Waals surface area contributed by atoms with Crippen molar-refractivity contribution in [3.63, 3.8) is 0 Å². The second-order valence-electron chi connectivity index (χ2n) is 5.28. The number of hydrogen-bond donors (Lipinski definition) is 0. The number of pyridine rings is 1. The molecule has 0 radical (unpaired) electrons. The third-order valence-electron chi connectivity index (χ3n) is 3.42. The molecule has 2 rings (SSSR count). The van der Waals surface area contributed by atoms with Gasteiger partial charge in [0, 0.05) is 31.1 Å². The first kappa shape index (κ1) is 12.8. The zero-order chi connectivity index (χ0) is 13.1. The fourth-order valence-electron chi connectivity index (χ4n) is 2.37. The summed E-state index contributed by atoms with van der Waals surface area (Å²) in [6.45, 7) is 6.66. The van der Waals surface area contributed by atoms with Gasteiger partial charge in [-0.05, 0) is 36.5 Å². The van der Waals surface area contributed by atoms with Crippen molar-refractivity contribution >= 4 is 0 Å². The van der Waals surface area contributed by atoms with E-state index in [1.54, 1.807) is 0 Å². The van der Waals surface area contributed by atoms with Crippen LogP contribution in [0.1, 0.15) is 36.6 Å². The van der Waals surface area contributed by atoms with E-state index in [1.165, 1.54) is 16.8 Å². The van der Waals surface area contributed by atoms with Gasteiger partial charge in [0.2, 0.25) is 0 Å². The molecule has 0 N–H and O–H groups in total. The Morgan fingerprint density at radius 3 is 2.67 bits per heavy atom. The number of aryl methyl sites for hydroxylation is 2. The lowest BCUT2D eigenvalue weighted by molar-refractivity contribution is 0.482. The van der Waals surface area contributed by atoms with Crippen LogP contribution in [0.25, 0.3) is 0 Å². The lowest BCUT2D eigenvalue weighted by Crippen LogP contribution is -2.13. The molecule has 1 unspecified atom stereocenters. The first-order valence-corrected chi connectivity index (χ1v) is 6.47. The first-order valence-electron chi connectivity index (χ1n) is 6.47. The van der Waals surface area contributed by atoms with Crippen LogP contribution in [0, 0.1) is 12.8 Å². The largest absolute Gasteiger partial charge is 0.276 e. The summed E-state index contributed by atoms with van der Waals surface area (Å²) in [7, 11) is 1.96. The molecule has 3 heteroatoms. The topological polar surface area (TPSA) is 30.7 Å². The molecule has 0 saturated carbocycles. The molecule has 0 aliphatic heterocycles. The van der Waals surface area contributed by atoms with E-state index >= 15 is 0 Å². The number of nitrogens with zero attached hydrogens (tertiary/aromatic N) is 3. The van der Waals surface area contributed by atoms with Crippen LogP contribution in [0.15, 0.2) is 30.7 Å². The highest BCUT2D eigenvalue weighted by Crippen LogP contribution is 2.28. The molecule has 2 aromatic rings. The van der Waals surface area contributed by atoms with Gasteiger partial charge in [-0.3, -0.25) is 9.67 Å². The normalized spacial score (nSPS) is 12.9. The fraction of sp³-hybridized carbons (Fsp3) is 0.467. The summed E-state index contributed by atoms with van der Waals surface area (Å²) in [5.74, 6) is 1.02. The van der Waals surface area contributed by atoms with Gasteiger partial charge in [0.1, 0.15) is 0 Å². The summed E-state index contributed by atoms with van der Waals surface area (Å²) < 4.78 is 1.86. The van der Waals surface area contributed by atoms with Crippen molar-refractivity contribution in [2.45, 2.75) is 33.1 Å². The smallest absolute Gasteiger partial charge is 0.0521 e. The Bertz CT molecular complexity index is 514. The molecule has 0 aliphatic rings. The van der Waals surface area contributed by atoms with Crippen LogP contribution in [0.5, 0.6) is 0 Å². The van der Waals surface area contributed by atoms with E-state index in [4.69, 9.17) is 0 Å². The standard InChI is InChI=1S/C15H21N3/c1-11(2)14(8-13-9-17-18(4)10-13)15-12(3)6-5-7-16-15/h5-7,9-11,14H,8H2,1-4H3. The summed E-state index contributed by atoms with van der Waals surface area (Å²) in [6.07, 6.45) is 6.94. The second kappa shape index (κ2) is 5.34. The lowest BCUT2D eigenvalue weighted by Gasteiger charge is -2.21. The van der Waals surface area contributed by atoms with Crippen molar-refractivity contribution in [2.75, 3.05) is 0 Å². The number of aromatic nitrogens is 3. The van der Waals surface area contributed by atoms with Gasteiger partial charge in [0.25, 0.3) is 0 Å². The summed E-state index contributed by atoms with van der Waals surface area (Å²) >= 11 is 0. The SMILES string of the molecule is Cc1cccnc1C(Cc1cnn(C)c1)C(C)C. The molecule has 0 bridgehead atoms. The minimum absolute atomic E-state index is 0.454. The molecule has 2 aromatic heterocycles. The van der Waals surface area contributed by atoms with E-state index in [0.717, 1.165) is 6.42 Å². The molecular weight excluding hydrogens is 222 g/mol. The third kappa shape index (κ3) is 2.78. The summed E-state index contributed by atoms with van der Waals surface area (Å²) in [5, 5.41) is 4.24. The highest BCUT2D eigenvalue weighted by atomic mass is 15.2. The molecule has 0 saturated heterocycles. The van der Waals surface area contributed by atoms with Gasteiger partial charge < -0.3 is 0 Å². The van der Waals surface area contributed by atoms with Crippen LogP contribution in [0.3, 0.4) is 0 Å². The van der Waals surface area contributed by atoms with E-state index in [2.05, 4.69) is 43.1 Å². The molecule has 3 nitrogen and oxygen atoms in total. The zero-order valence-electron chi connectivity index (χ0n) is 11.6. The van der Waals surface area contributed by atoms with Crippen molar-refractivity contribution in [2.24, 2.45) is 13.0 Å². The highest BCUT2D eigenvalue weighted by molar-refractivity contribution is 5.24. The fourth-order valence-corrected chi connectivity index (χ4v) is 2.37. The Morgan fingerprint density at radius 2 is 2.11 bits per heavy atom. The van der Waals surface area contributed by atoms with Crippen LogP contribution in [0.4, 0.5) is 0 Å².